The highest BCUT2D eigenvalue weighted by atomic mass is 32.1. The van der Waals surface area contributed by atoms with E-state index >= 15 is 0 Å². The number of carbonyl (C=O) groups is 1. The van der Waals surface area contributed by atoms with Gasteiger partial charge in [0.2, 0.25) is 5.91 Å². The number of benzene rings is 1. The van der Waals surface area contributed by atoms with E-state index in [4.69, 9.17) is 12.2 Å². The maximum atomic E-state index is 14.8. The van der Waals surface area contributed by atoms with E-state index < -0.39 is 11.9 Å². The summed E-state index contributed by atoms with van der Waals surface area (Å²) in [6.07, 6.45) is 4.01. The van der Waals surface area contributed by atoms with Crippen LogP contribution in [0, 0.1) is 10.6 Å². The number of hydrogen-bond donors (Lipinski definition) is 2. The largest absolute Gasteiger partial charge is 0.324 e. The third-order valence-corrected chi connectivity index (χ3v) is 6.95. The standard InChI is InChI=1S/C22H22FN7OS2/c1-13(30-20(27-28-22(30)32)17-6-5-11-33-17)21(31)24-14-8-9-16(23)15(12-14)19-26-25-18-7-3-2-4-10-29(18)19/h5-6,8-9,11-13H,2-4,7,10H2,1H3,(H,24,31)(H,28,32). The van der Waals surface area contributed by atoms with Gasteiger partial charge in [-0.3, -0.25) is 14.5 Å². The lowest BCUT2D eigenvalue weighted by Crippen LogP contribution is -2.24. The number of H-pyrrole nitrogens is 1. The van der Waals surface area contributed by atoms with Gasteiger partial charge in [0.1, 0.15) is 17.7 Å². The van der Waals surface area contributed by atoms with E-state index in [1.807, 2.05) is 22.1 Å². The predicted molar refractivity (Wildman–Crippen MR) is 127 cm³/mol. The molecule has 0 aliphatic carbocycles. The van der Waals surface area contributed by atoms with Crippen molar-refractivity contribution in [3.63, 3.8) is 0 Å². The zero-order valence-corrected chi connectivity index (χ0v) is 19.5. The number of halogens is 1. The SMILES string of the molecule is CC(C(=O)Nc1ccc(F)c(-c2nnc3n2CCCCC3)c1)n1c(-c2cccs2)n[nH]c1=S. The molecule has 0 saturated carbocycles. The number of amides is 1. The Bertz CT molecular complexity index is 1360. The summed E-state index contributed by atoms with van der Waals surface area (Å²) in [5.74, 6) is 1.27. The van der Waals surface area contributed by atoms with E-state index in [-0.39, 0.29) is 5.91 Å². The van der Waals surface area contributed by atoms with Crippen molar-refractivity contribution in [3.05, 3.63) is 52.1 Å². The summed E-state index contributed by atoms with van der Waals surface area (Å²) in [6.45, 7) is 2.51. The average Bonchev–Trinajstić information content (AvgIpc) is 3.52. The number of nitrogens with zero attached hydrogens (tertiary/aromatic N) is 5. The topological polar surface area (TPSA) is 93.4 Å². The van der Waals surface area contributed by atoms with Crippen LogP contribution in [0.15, 0.2) is 35.7 Å². The molecule has 1 aliphatic heterocycles. The van der Waals surface area contributed by atoms with Crippen LogP contribution >= 0.6 is 23.6 Å². The average molecular weight is 484 g/mol. The predicted octanol–water partition coefficient (Wildman–Crippen LogP) is 4.99. The summed E-state index contributed by atoms with van der Waals surface area (Å²) in [5.41, 5.74) is 0.794. The van der Waals surface area contributed by atoms with Crippen LogP contribution < -0.4 is 5.32 Å². The van der Waals surface area contributed by atoms with E-state index in [1.54, 1.807) is 17.6 Å². The molecule has 1 aliphatic rings. The van der Waals surface area contributed by atoms with Crippen LogP contribution in [0.25, 0.3) is 22.1 Å². The molecule has 4 aromatic rings. The van der Waals surface area contributed by atoms with E-state index in [0.29, 0.717) is 27.7 Å². The highest BCUT2D eigenvalue weighted by Crippen LogP contribution is 2.29. The summed E-state index contributed by atoms with van der Waals surface area (Å²) >= 11 is 6.88. The summed E-state index contributed by atoms with van der Waals surface area (Å²) < 4.78 is 18.8. The Morgan fingerprint density at radius 1 is 1.24 bits per heavy atom. The fourth-order valence-electron chi connectivity index (χ4n) is 4.07. The highest BCUT2D eigenvalue weighted by Gasteiger charge is 2.23. The molecule has 11 heteroatoms. The minimum absolute atomic E-state index is 0.289. The second kappa shape index (κ2) is 8.99. The first-order chi connectivity index (χ1) is 16.0. The van der Waals surface area contributed by atoms with Gasteiger partial charge in [0.15, 0.2) is 16.4 Å². The molecule has 1 amide bonds. The molecule has 2 N–H and O–H groups in total. The zero-order valence-electron chi connectivity index (χ0n) is 17.9. The Hall–Kier alpha value is -3.18. The lowest BCUT2D eigenvalue weighted by molar-refractivity contribution is -0.118. The normalized spacial score (nSPS) is 14.5. The van der Waals surface area contributed by atoms with E-state index in [2.05, 4.69) is 25.7 Å². The number of thiophene rings is 1. The number of rotatable bonds is 5. The summed E-state index contributed by atoms with van der Waals surface area (Å²) in [4.78, 5) is 14.0. The first kappa shape index (κ1) is 21.7. The molecule has 0 saturated heterocycles. The van der Waals surface area contributed by atoms with Gasteiger partial charge in [0.25, 0.3) is 0 Å². The summed E-state index contributed by atoms with van der Waals surface area (Å²) in [6, 6.07) is 7.69. The Balaban J connectivity index is 1.42. The van der Waals surface area contributed by atoms with E-state index in [9.17, 15) is 9.18 Å². The zero-order chi connectivity index (χ0) is 22.9. The molecule has 0 bridgehead atoms. The molecule has 33 heavy (non-hydrogen) atoms. The van der Waals surface area contributed by atoms with Crippen molar-refractivity contribution >= 4 is 35.1 Å². The fourth-order valence-corrected chi connectivity index (χ4v) is 5.07. The van der Waals surface area contributed by atoms with Crippen molar-refractivity contribution in [3.8, 4) is 22.1 Å². The van der Waals surface area contributed by atoms with Gasteiger partial charge in [-0.25, -0.2) is 4.39 Å². The molecular formula is C22H22FN7OS2. The Morgan fingerprint density at radius 2 is 2.12 bits per heavy atom. The van der Waals surface area contributed by atoms with Gasteiger partial charge in [0.05, 0.1) is 10.4 Å². The summed E-state index contributed by atoms with van der Waals surface area (Å²) in [5, 5.41) is 20.4. The van der Waals surface area contributed by atoms with Gasteiger partial charge in [-0.15, -0.1) is 21.5 Å². The third-order valence-electron chi connectivity index (χ3n) is 5.80. The number of carbonyl (C=O) groups excluding carboxylic acids is 1. The monoisotopic (exact) mass is 483 g/mol. The molecule has 5 rings (SSSR count). The maximum Gasteiger partial charge on any atom is 0.247 e. The van der Waals surface area contributed by atoms with Crippen molar-refractivity contribution in [1.82, 2.24) is 29.5 Å². The molecular weight excluding hydrogens is 461 g/mol. The van der Waals surface area contributed by atoms with Crippen LogP contribution in [0.3, 0.4) is 0 Å². The van der Waals surface area contributed by atoms with Crippen molar-refractivity contribution in [1.29, 1.82) is 0 Å². The van der Waals surface area contributed by atoms with Gasteiger partial charge < -0.3 is 9.88 Å². The highest BCUT2D eigenvalue weighted by molar-refractivity contribution is 7.71. The summed E-state index contributed by atoms with van der Waals surface area (Å²) in [7, 11) is 0. The second-order valence-electron chi connectivity index (χ2n) is 7.96. The van der Waals surface area contributed by atoms with Crippen LogP contribution in [0.4, 0.5) is 10.1 Å². The van der Waals surface area contributed by atoms with Crippen LogP contribution in [0.5, 0.6) is 0 Å². The van der Waals surface area contributed by atoms with Gasteiger partial charge in [-0.2, -0.15) is 5.10 Å². The Kier molecular flexibility index (Phi) is 5.90. The molecule has 170 valence electrons. The maximum absolute atomic E-state index is 14.8. The smallest absolute Gasteiger partial charge is 0.247 e. The molecule has 8 nitrogen and oxygen atoms in total. The molecule has 1 unspecified atom stereocenters. The number of aryl methyl sites for hydroxylation is 1. The van der Waals surface area contributed by atoms with Crippen molar-refractivity contribution in [2.45, 2.75) is 45.2 Å². The first-order valence-corrected chi connectivity index (χ1v) is 12.1. The van der Waals surface area contributed by atoms with Gasteiger partial charge in [0, 0.05) is 18.7 Å². The first-order valence-electron chi connectivity index (χ1n) is 10.8. The van der Waals surface area contributed by atoms with Crippen LogP contribution in [-0.2, 0) is 17.8 Å². The molecule has 1 aromatic carbocycles. The number of aromatic amines is 1. The van der Waals surface area contributed by atoms with Crippen molar-refractivity contribution < 1.29 is 9.18 Å². The third kappa shape index (κ3) is 4.13. The van der Waals surface area contributed by atoms with E-state index in [1.165, 1.54) is 23.5 Å². The van der Waals surface area contributed by atoms with Gasteiger partial charge >= 0.3 is 0 Å². The molecule has 0 spiro atoms. The quantitative estimate of drug-likeness (QED) is 0.390. The van der Waals surface area contributed by atoms with Gasteiger partial charge in [-0.05, 0) is 61.6 Å². The minimum Gasteiger partial charge on any atom is -0.324 e. The Morgan fingerprint density at radius 3 is 2.94 bits per heavy atom. The fraction of sp³-hybridized carbons (Fsp3) is 0.318. The number of nitrogens with one attached hydrogen (secondary N) is 2. The molecule has 1 atom stereocenters. The number of hydrogen-bond acceptors (Lipinski definition) is 6. The molecule has 0 radical (unpaired) electrons. The lowest BCUT2D eigenvalue weighted by Gasteiger charge is -2.16. The lowest BCUT2D eigenvalue weighted by atomic mass is 10.1. The van der Waals surface area contributed by atoms with Gasteiger partial charge in [-0.1, -0.05) is 12.5 Å². The minimum atomic E-state index is -0.633. The van der Waals surface area contributed by atoms with Crippen LogP contribution in [-0.4, -0.2) is 35.4 Å². The van der Waals surface area contributed by atoms with Crippen molar-refractivity contribution in [2.24, 2.45) is 0 Å². The van der Waals surface area contributed by atoms with E-state index in [0.717, 1.165) is 42.9 Å². The number of fused-ring (bicyclic) bond motifs is 1. The second-order valence-corrected chi connectivity index (χ2v) is 9.30. The molecule has 3 aromatic heterocycles. The van der Waals surface area contributed by atoms with Crippen LogP contribution in [0.1, 0.15) is 38.1 Å². The molecule has 4 heterocycles. The number of aromatic nitrogens is 6. The molecule has 0 fully saturated rings. The Labute approximate surface area is 198 Å². The number of anilines is 1. The van der Waals surface area contributed by atoms with Crippen LogP contribution in [0.2, 0.25) is 0 Å². The van der Waals surface area contributed by atoms with Crippen molar-refractivity contribution in [2.75, 3.05) is 5.32 Å².